The molecular weight excluding hydrogens is 352 g/mol. The molecule has 6 heteroatoms. The van der Waals surface area contributed by atoms with Gasteiger partial charge in [-0.25, -0.2) is 9.97 Å². The van der Waals surface area contributed by atoms with E-state index in [1.807, 2.05) is 24.3 Å². The van der Waals surface area contributed by atoms with Gasteiger partial charge in [0.15, 0.2) is 0 Å². The van der Waals surface area contributed by atoms with E-state index in [1.165, 1.54) is 19.6 Å². The molecule has 0 aliphatic rings. The topological polar surface area (TPSA) is 42.2 Å². The number of benzene rings is 1. The highest BCUT2D eigenvalue weighted by molar-refractivity contribution is 7.17. The third-order valence-electron chi connectivity index (χ3n) is 4.53. The van der Waals surface area contributed by atoms with Crippen LogP contribution in [-0.4, -0.2) is 36.1 Å². The maximum Gasteiger partial charge on any atom is 0.138 e. The van der Waals surface area contributed by atoms with Gasteiger partial charge >= 0.3 is 0 Å². The fraction of sp³-hybridized carbons (Fsp3) is 0.368. The first-order valence-electron chi connectivity index (χ1n) is 8.78. The van der Waals surface area contributed by atoms with Crippen LogP contribution in [0, 0.1) is 0 Å². The number of anilines is 1. The van der Waals surface area contributed by atoms with Crippen LogP contribution in [-0.2, 0) is 0 Å². The SMILES string of the molecule is CC[NH+](CC)CCCNc1ncnc2scc(-c3ccc(Cl)cc3)c12. The standard InChI is InChI=1S/C19H23ClN4S/c1-3-24(4-2)11-5-10-21-18-17-16(12-25-19(17)23-13-22-18)14-6-8-15(20)9-7-14/h6-9,12-13H,3-5,10-11H2,1-2H3,(H,21,22,23)/p+1. The summed E-state index contributed by atoms with van der Waals surface area (Å²) in [6.45, 7) is 8.94. The lowest BCUT2D eigenvalue weighted by Gasteiger charge is -2.15. The minimum absolute atomic E-state index is 0.747. The molecule has 0 atom stereocenters. The second-order valence-electron chi connectivity index (χ2n) is 6.05. The van der Waals surface area contributed by atoms with Crippen LogP contribution in [0.5, 0.6) is 0 Å². The van der Waals surface area contributed by atoms with Crippen LogP contribution in [0.2, 0.25) is 5.02 Å². The Balaban J connectivity index is 1.79. The van der Waals surface area contributed by atoms with Gasteiger partial charge in [-0.05, 0) is 31.5 Å². The Morgan fingerprint density at radius 2 is 1.88 bits per heavy atom. The van der Waals surface area contributed by atoms with E-state index in [4.69, 9.17) is 11.6 Å². The second kappa shape index (κ2) is 8.61. The van der Waals surface area contributed by atoms with Crippen molar-refractivity contribution in [1.29, 1.82) is 0 Å². The van der Waals surface area contributed by atoms with E-state index in [0.29, 0.717) is 0 Å². The first-order chi connectivity index (χ1) is 12.2. The first-order valence-corrected chi connectivity index (χ1v) is 10.0. The average molecular weight is 376 g/mol. The van der Waals surface area contributed by atoms with Crippen molar-refractivity contribution in [1.82, 2.24) is 9.97 Å². The van der Waals surface area contributed by atoms with E-state index < -0.39 is 0 Å². The molecule has 0 spiro atoms. The van der Waals surface area contributed by atoms with Crippen LogP contribution >= 0.6 is 22.9 Å². The summed E-state index contributed by atoms with van der Waals surface area (Å²) in [6.07, 6.45) is 2.77. The van der Waals surface area contributed by atoms with Crippen LogP contribution in [0.1, 0.15) is 20.3 Å². The summed E-state index contributed by atoms with van der Waals surface area (Å²) >= 11 is 7.67. The molecule has 25 heavy (non-hydrogen) atoms. The lowest BCUT2D eigenvalue weighted by Crippen LogP contribution is -3.11. The molecule has 0 amide bonds. The van der Waals surface area contributed by atoms with Gasteiger partial charge in [-0.3, -0.25) is 0 Å². The Kier molecular flexibility index (Phi) is 6.24. The van der Waals surface area contributed by atoms with Gasteiger partial charge in [-0.1, -0.05) is 23.7 Å². The van der Waals surface area contributed by atoms with Crippen molar-refractivity contribution in [2.45, 2.75) is 20.3 Å². The zero-order chi connectivity index (χ0) is 17.6. The third-order valence-corrected chi connectivity index (χ3v) is 5.66. The number of hydrogen-bond acceptors (Lipinski definition) is 4. The van der Waals surface area contributed by atoms with Crippen molar-refractivity contribution < 1.29 is 4.90 Å². The number of thiophene rings is 1. The Hall–Kier alpha value is -1.69. The van der Waals surface area contributed by atoms with Crippen molar-refractivity contribution in [3.63, 3.8) is 0 Å². The van der Waals surface area contributed by atoms with Gasteiger partial charge in [0.05, 0.1) is 25.0 Å². The highest BCUT2D eigenvalue weighted by Crippen LogP contribution is 2.36. The highest BCUT2D eigenvalue weighted by atomic mass is 35.5. The smallest absolute Gasteiger partial charge is 0.138 e. The number of fused-ring (bicyclic) bond motifs is 1. The minimum atomic E-state index is 0.747. The molecule has 132 valence electrons. The van der Waals surface area contributed by atoms with Gasteiger partial charge in [0.2, 0.25) is 0 Å². The van der Waals surface area contributed by atoms with E-state index in [-0.39, 0.29) is 0 Å². The normalized spacial score (nSPS) is 11.4. The monoisotopic (exact) mass is 375 g/mol. The number of nitrogens with zero attached hydrogens (tertiary/aromatic N) is 2. The van der Waals surface area contributed by atoms with E-state index >= 15 is 0 Å². The van der Waals surface area contributed by atoms with Crippen LogP contribution in [0.25, 0.3) is 21.3 Å². The summed E-state index contributed by atoms with van der Waals surface area (Å²) in [4.78, 5) is 11.6. The molecule has 3 rings (SSSR count). The Morgan fingerprint density at radius 3 is 2.60 bits per heavy atom. The minimum Gasteiger partial charge on any atom is -0.369 e. The molecule has 0 fully saturated rings. The molecule has 0 saturated carbocycles. The fourth-order valence-corrected chi connectivity index (χ4v) is 4.04. The molecule has 2 N–H and O–H groups in total. The molecular formula is C19H24ClN4S+. The number of nitrogens with one attached hydrogen (secondary N) is 2. The largest absolute Gasteiger partial charge is 0.369 e. The lowest BCUT2D eigenvalue weighted by molar-refractivity contribution is -0.896. The Bertz CT molecular complexity index is 812. The van der Waals surface area contributed by atoms with Gasteiger partial charge in [-0.15, -0.1) is 11.3 Å². The number of rotatable bonds is 8. The highest BCUT2D eigenvalue weighted by Gasteiger charge is 2.13. The number of aromatic nitrogens is 2. The van der Waals surface area contributed by atoms with Crippen molar-refractivity contribution in [2.75, 3.05) is 31.5 Å². The summed E-state index contributed by atoms with van der Waals surface area (Å²) in [5.41, 5.74) is 2.30. The maximum absolute atomic E-state index is 6.02. The predicted molar refractivity (Wildman–Crippen MR) is 108 cm³/mol. The summed E-state index contributed by atoms with van der Waals surface area (Å²) in [7, 11) is 0. The molecule has 0 unspecified atom stereocenters. The van der Waals surface area contributed by atoms with Crippen molar-refractivity contribution in [3.05, 3.63) is 41.0 Å². The van der Waals surface area contributed by atoms with E-state index in [9.17, 15) is 0 Å². The third kappa shape index (κ3) is 4.29. The Morgan fingerprint density at radius 1 is 1.12 bits per heavy atom. The first kappa shape index (κ1) is 18.1. The number of halogens is 1. The van der Waals surface area contributed by atoms with E-state index in [0.717, 1.165) is 45.1 Å². The van der Waals surface area contributed by atoms with Gasteiger partial charge < -0.3 is 10.2 Å². The maximum atomic E-state index is 6.02. The Labute approximate surface area is 157 Å². The molecule has 3 aromatic rings. The van der Waals surface area contributed by atoms with Crippen LogP contribution < -0.4 is 10.2 Å². The van der Waals surface area contributed by atoms with Gasteiger partial charge in [0.1, 0.15) is 17.0 Å². The lowest BCUT2D eigenvalue weighted by atomic mass is 10.1. The number of quaternary nitrogens is 1. The summed E-state index contributed by atoms with van der Waals surface area (Å²) in [6, 6.07) is 7.93. The molecule has 0 aliphatic heterocycles. The molecule has 0 saturated heterocycles. The summed E-state index contributed by atoms with van der Waals surface area (Å²) in [5.74, 6) is 0.922. The molecule has 0 radical (unpaired) electrons. The zero-order valence-corrected chi connectivity index (χ0v) is 16.3. The molecule has 2 heterocycles. The molecule has 1 aromatic carbocycles. The molecule has 4 nitrogen and oxygen atoms in total. The fourth-order valence-electron chi connectivity index (χ4n) is 3.00. The predicted octanol–water partition coefficient (Wildman–Crippen LogP) is 3.74. The zero-order valence-electron chi connectivity index (χ0n) is 14.7. The quantitative estimate of drug-likeness (QED) is 0.589. The van der Waals surface area contributed by atoms with Crippen LogP contribution in [0.3, 0.4) is 0 Å². The average Bonchev–Trinajstić information content (AvgIpc) is 3.07. The van der Waals surface area contributed by atoms with Gasteiger partial charge in [0, 0.05) is 28.9 Å². The van der Waals surface area contributed by atoms with Crippen LogP contribution in [0.4, 0.5) is 5.82 Å². The summed E-state index contributed by atoms with van der Waals surface area (Å²) in [5, 5.41) is 7.51. The molecule has 0 bridgehead atoms. The second-order valence-corrected chi connectivity index (χ2v) is 7.34. The van der Waals surface area contributed by atoms with Crippen molar-refractivity contribution >= 4 is 39.0 Å². The molecule has 0 aliphatic carbocycles. The van der Waals surface area contributed by atoms with Crippen molar-refractivity contribution in [2.24, 2.45) is 0 Å². The van der Waals surface area contributed by atoms with Gasteiger partial charge in [-0.2, -0.15) is 0 Å². The van der Waals surface area contributed by atoms with E-state index in [2.05, 4.69) is 34.5 Å². The summed E-state index contributed by atoms with van der Waals surface area (Å²) < 4.78 is 0. The van der Waals surface area contributed by atoms with Gasteiger partial charge in [0.25, 0.3) is 0 Å². The van der Waals surface area contributed by atoms with E-state index in [1.54, 1.807) is 22.6 Å². The molecule has 2 aromatic heterocycles. The van der Waals surface area contributed by atoms with Crippen LogP contribution in [0.15, 0.2) is 36.0 Å². The van der Waals surface area contributed by atoms with Crippen molar-refractivity contribution in [3.8, 4) is 11.1 Å². The number of hydrogen-bond donors (Lipinski definition) is 2.